The fourth-order valence-electron chi connectivity index (χ4n) is 1.25. The normalized spacial score (nSPS) is 13.6. The van der Waals surface area contributed by atoms with E-state index in [9.17, 15) is 20.2 Å². The standard InChI is InChI=1S/C6N8O8/c15-13(16)3-1(7-21-9-3)5-11-20-6(12-19-5)2-4(14(17)18)10-22-8-2. The van der Waals surface area contributed by atoms with Gasteiger partial charge in [-0.2, -0.15) is 0 Å². The Kier molecular flexibility index (Phi) is 2.87. The van der Waals surface area contributed by atoms with E-state index in [4.69, 9.17) is 9.68 Å². The van der Waals surface area contributed by atoms with E-state index in [1.54, 1.807) is 0 Å². The third-order valence-electron chi connectivity index (χ3n) is 2.12. The van der Waals surface area contributed by atoms with Gasteiger partial charge in [0.05, 0.1) is 0 Å². The summed E-state index contributed by atoms with van der Waals surface area (Å²) in [4.78, 5) is 28.9. The molecule has 1 aliphatic rings. The van der Waals surface area contributed by atoms with Crippen LogP contribution in [0.4, 0.5) is 11.6 Å². The third kappa shape index (κ3) is 2.05. The minimum atomic E-state index is -0.899. The Labute approximate surface area is 116 Å². The molecule has 3 rings (SSSR count). The van der Waals surface area contributed by atoms with Gasteiger partial charge in [-0.1, -0.05) is 0 Å². The average Bonchev–Trinajstić information content (AvgIpc) is 3.16. The number of hydrogen-bond acceptors (Lipinski definition) is 14. The van der Waals surface area contributed by atoms with E-state index < -0.39 is 44.7 Å². The number of rotatable bonds is 4. The summed E-state index contributed by atoms with van der Waals surface area (Å²) in [5.74, 6) is -2.66. The molecular formula is C6N8O8. The molecule has 112 valence electrons. The first-order chi connectivity index (χ1) is 10.6. The lowest BCUT2D eigenvalue weighted by Gasteiger charge is -2.06. The van der Waals surface area contributed by atoms with Crippen LogP contribution in [-0.2, 0) is 9.68 Å². The first-order valence-corrected chi connectivity index (χ1v) is 5.02. The summed E-state index contributed by atoms with van der Waals surface area (Å²) in [6.45, 7) is 0. The first-order valence-electron chi connectivity index (χ1n) is 5.02. The van der Waals surface area contributed by atoms with Crippen LogP contribution in [0.1, 0.15) is 11.4 Å². The van der Waals surface area contributed by atoms with Crippen molar-refractivity contribution in [3.8, 4) is 0 Å². The molecule has 0 amide bonds. The fourth-order valence-corrected chi connectivity index (χ4v) is 1.25. The molecular weight excluding hydrogens is 312 g/mol. The molecule has 1 aliphatic heterocycles. The van der Waals surface area contributed by atoms with Crippen molar-refractivity contribution in [1.82, 2.24) is 20.6 Å². The number of nitrogens with zero attached hydrogens (tertiary/aromatic N) is 8. The summed E-state index contributed by atoms with van der Waals surface area (Å²) >= 11 is 0. The highest BCUT2D eigenvalue weighted by Gasteiger charge is 2.35. The largest absolute Gasteiger partial charge is 0.447 e. The molecule has 0 fully saturated rings. The number of hydrogen-bond donors (Lipinski definition) is 0. The second-order valence-electron chi connectivity index (χ2n) is 3.36. The smallest absolute Gasteiger partial charge is 0.358 e. The van der Waals surface area contributed by atoms with Crippen LogP contribution in [0.15, 0.2) is 19.6 Å². The van der Waals surface area contributed by atoms with Gasteiger partial charge in [-0.3, -0.25) is 0 Å². The Morgan fingerprint density at radius 2 is 1.14 bits per heavy atom. The van der Waals surface area contributed by atoms with Gasteiger partial charge in [-0.25, -0.2) is 0 Å². The maximum absolute atomic E-state index is 10.6. The van der Waals surface area contributed by atoms with Gasteiger partial charge >= 0.3 is 23.4 Å². The maximum Gasteiger partial charge on any atom is 0.447 e. The monoisotopic (exact) mass is 312 g/mol. The number of nitro groups is 2. The van der Waals surface area contributed by atoms with Gasteiger partial charge in [0.25, 0.3) is 11.4 Å². The summed E-state index contributed by atoms with van der Waals surface area (Å²) in [7, 11) is 0. The second kappa shape index (κ2) is 4.85. The molecule has 0 unspecified atom stereocenters. The van der Waals surface area contributed by atoms with Crippen LogP contribution in [0.5, 0.6) is 0 Å². The van der Waals surface area contributed by atoms with Crippen LogP contribution >= 0.6 is 0 Å². The molecule has 0 N–H and O–H groups in total. The van der Waals surface area contributed by atoms with Crippen molar-refractivity contribution in [2.24, 2.45) is 10.3 Å². The Hall–Kier alpha value is -3.98. The maximum atomic E-state index is 10.6. The predicted molar refractivity (Wildman–Crippen MR) is 57.1 cm³/mol. The summed E-state index contributed by atoms with van der Waals surface area (Å²) in [5.41, 5.74) is -0.971. The quantitative estimate of drug-likeness (QED) is 0.508. The SMILES string of the molecule is O=[N+]([O-])c1nonc1C1=NOC(c2nonc2[N+](=O)[O-])=NO1. The van der Waals surface area contributed by atoms with E-state index >= 15 is 0 Å². The minimum Gasteiger partial charge on any atom is -0.358 e. The Morgan fingerprint density at radius 3 is 1.45 bits per heavy atom. The molecule has 0 spiro atoms. The van der Waals surface area contributed by atoms with Gasteiger partial charge in [0, 0.05) is 0 Å². The Bertz CT molecular complexity index is 750. The zero-order valence-electron chi connectivity index (χ0n) is 9.84. The molecule has 22 heavy (non-hydrogen) atoms. The molecule has 2 aromatic heterocycles. The third-order valence-corrected chi connectivity index (χ3v) is 2.12. The zero-order chi connectivity index (χ0) is 15.7. The minimum absolute atomic E-state index is 0.486. The van der Waals surface area contributed by atoms with Gasteiger partial charge < -0.3 is 29.9 Å². The van der Waals surface area contributed by atoms with Crippen molar-refractivity contribution in [3.05, 3.63) is 31.6 Å². The van der Waals surface area contributed by atoms with Gasteiger partial charge in [-0.15, -0.1) is 9.26 Å². The average molecular weight is 312 g/mol. The molecule has 0 atom stereocenters. The summed E-state index contributed by atoms with van der Waals surface area (Å²) in [6, 6.07) is 0. The first kappa shape index (κ1) is 13.0. The van der Waals surface area contributed by atoms with Gasteiger partial charge in [0.15, 0.2) is 10.3 Å². The van der Waals surface area contributed by atoms with E-state index in [0.717, 1.165) is 0 Å². The van der Waals surface area contributed by atoms with E-state index in [1.807, 2.05) is 0 Å². The fraction of sp³-hybridized carbons (Fsp3) is 0. The van der Waals surface area contributed by atoms with Crippen LogP contribution in [0.2, 0.25) is 0 Å². The van der Waals surface area contributed by atoms with Crippen molar-refractivity contribution < 1.29 is 28.8 Å². The highest BCUT2D eigenvalue weighted by Crippen LogP contribution is 2.20. The zero-order valence-corrected chi connectivity index (χ0v) is 9.84. The van der Waals surface area contributed by atoms with Crippen LogP contribution in [0.25, 0.3) is 0 Å². The van der Waals surface area contributed by atoms with Crippen molar-refractivity contribution in [1.29, 1.82) is 0 Å². The lowest BCUT2D eigenvalue weighted by molar-refractivity contribution is -0.391. The number of oxime groups is 2. The molecule has 2 aromatic rings. The molecule has 16 nitrogen and oxygen atoms in total. The van der Waals surface area contributed by atoms with E-state index in [-0.39, 0.29) is 0 Å². The van der Waals surface area contributed by atoms with Crippen LogP contribution in [-0.4, -0.2) is 42.3 Å². The molecule has 0 saturated carbocycles. The molecule has 0 bridgehead atoms. The van der Waals surface area contributed by atoms with Crippen molar-refractivity contribution in [2.75, 3.05) is 0 Å². The van der Waals surface area contributed by atoms with Crippen LogP contribution in [0, 0.1) is 20.2 Å². The van der Waals surface area contributed by atoms with Crippen molar-refractivity contribution in [3.63, 3.8) is 0 Å². The van der Waals surface area contributed by atoms with E-state index in [0.29, 0.717) is 0 Å². The van der Waals surface area contributed by atoms with Gasteiger partial charge in [-0.05, 0) is 30.5 Å². The van der Waals surface area contributed by atoms with Crippen LogP contribution < -0.4 is 0 Å². The molecule has 0 aliphatic carbocycles. The molecule has 0 saturated heterocycles. The van der Waals surface area contributed by atoms with Gasteiger partial charge in [0.1, 0.15) is 0 Å². The second-order valence-corrected chi connectivity index (χ2v) is 3.36. The van der Waals surface area contributed by atoms with E-state index in [2.05, 4.69) is 40.2 Å². The van der Waals surface area contributed by atoms with Crippen molar-refractivity contribution >= 4 is 23.4 Å². The van der Waals surface area contributed by atoms with Gasteiger partial charge in [0.2, 0.25) is 0 Å². The topological polar surface area (TPSA) is 207 Å². The lowest BCUT2D eigenvalue weighted by atomic mass is 10.4. The molecule has 16 heteroatoms. The highest BCUT2D eigenvalue weighted by atomic mass is 16.7. The molecule has 3 heterocycles. The van der Waals surface area contributed by atoms with E-state index in [1.165, 1.54) is 0 Å². The highest BCUT2D eigenvalue weighted by molar-refractivity contribution is 6.00. The number of aromatic nitrogens is 4. The Balaban J connectivity index is 1.85. The van der Waals surface area contributed by atoms with Crippen molar-refractivity contribution in [2.45, 2.75) is 0 Å². The summed E-state index contributed by atoms with van der Waals surface area (Å²) in [6.07, 6.45) is 0. The Morgan fingerprint density at radius 1 is 0.727 bits per heavy atom. The van der Waals surface area contributed by atoms with Crippen LogP contribution in [0.3, 0.4) is 0 Å². The summed E-state index contributed by atoms with van der Waals surface area (Å²) in [5, 5.41) is 40.4. The summed E-state index contributed by atoms with van der Waals surface area (Å²) < 4.78 is 8.35. The predicted octanol–water partition coefficient (Wildman–Crippen LogP) is -0.661. The molecule has 0 aromatic carbocycles. The molecule has 0 radical (unpaired) electrons. The lowest BCUT2D eigenvalue weighted by Crippen LogP contribution is -2.17.